The number of rotatable bonds is 3. The Hall–Kier alpha value is -0.570. The fourth-order valence-electron chi connectivity index (χ4n) is 2.79. The Balaban J connectivity index is 1.75. The summed E-state index contributed by atoms with van der Waals surface area (Å²) in [7, 11) is 0. The predicted octanol–water partition coefficient (Wildman–Crippen LogP) is 0.735. The zero-order chi connectivity index (χ0) is 9.71. The first-order valence-corrected chi connectivity index (χ1v) is 5.83. The fraction of sp³-hybridized carbons (Fsp3) is 0.909. The molecule has 1 aliphatic heterocycles. The van der Waals surface area contributed by atoms with Crippen LogP contribution in [0.15, 0.2) is 0 Å². The van der Waals surface area contributed by atoms with Gasteiger partial charge < -0.3 is 10.6 Å². The standard InChI is InChI=1S/C11H18N2O/c12-9-5-6-13(11(9)14)10(7-1-2-7)8-3-4-8/h7-10H,1-6,12H2. The highest BCUT2D eigenvalue weighted by Crippen LogP contribution is 2.47. The Morgan fingerprint density at radius 2 is 1.71 bits per heavy atom. The average molecular weight is 194 g/mol. The second-order valence-corrected chi connectivity index (χ2v) is 5.09. The summed E-state index contributed by atoms with van der Waals surface area (Å²) < 4.78 is 0. The molecule has 3 nitrogen and oxygen atoms in total. The van der Waals surface area contributed by atoms with Gasteiger partial charge in [0.05, 0.1) is 6.04 Å². The molecule has 3 heteroatoms. The maximum Gasteiger partial charge on any atom is 0.239 e. The molecule has 1 amide bonds. The van der Waals surface area contributed by atoms with Crippen LogP contribution in [0.25, 0.3) is 0 Å². The van der Waals surface area contributed by atoms with Gasteiger partial charge in [-0.2, -0.15) is 0 Å². The summed E-state index contributed by atoms with van der Waals surface area (Å²) >= 11 is 0. The van der Waals surface area contributed by atoms with Crippen molar-refractivity contribution in [3.05, 3.63) is 0 Å². The Morgan fingerprint density at radius 1 is 1.14 bits per heavy atom. The molecule has 0 radical (unpaired) electrons. The third-order valence-electron chi connectivity index (χ3n) is 3.85. The van der Waals surface area contributed by atoms with E-state index in [0.717, 1.165) is 24.8 Å². The van der Waals surface area contributed by atoms with Gasteiger partial charge in [0.1, 0.15) is 0 Å². The molecule has 2 N–H and O–H groups in total. The lowest BCUT2D eigenvalue weighted by Crippen LogP contribution is -2.43. The topological polar surface area (TPSA) is 46.3 Å². The largest absolute Gasteiger partial charge is 0.338 e. The Morgan fingerprint density at radius 3 is 2.07 bits per heavy atom. The van der Waals surface area contributed by atoms with Crippen LogP contribution in [0, 0.1) is 11.8 Å². The van der Waals surface area contributed by atoms with Crippen molar-refractivity contribution in [1.82, 2.24) is 4.90 Å². The van der Waals surface area contributed by atoms with E-state index in [-0.39, 0.29) is 11.9 Å². The molecule has 1 heterocycles. The highest BCUT2D eigenvalue weighted by atomic mass is 16.2. The molecule has 1 unspecified atom stereocenters. The van der Waals surface area contributed by atoms with Crippen molar-refractivity contribution in [1.29, 1.82) is 0 Å². The lowest BCUT2D eigenvalue weighted by molar-refractivity contribution is -0.131. The monoisotopic (exact) mass is 194 g/mol. The number of nitrogens with two attached hydrogens (primary N) is 1. The normalized spacial score (nSPS) is 33.1. The van der Waals surface area contributed by atoms with Gasteiger partial charge in [-0.15, -0.1) is 0 Å². The van der Waals surface area contributed by atoms with Gasteiger partial charge in [0.2, 0.25) is 5.91 Å². The van der Waals surface area contributed by atoms with Gasteiger partial charge in [-0.05, 0) is 43.9 Å². The average Bonchev–Trinajstić information content (AvgIpc) is 3.02. The van der Waals surface area contributed by atoms with Crippen molar-refractivity contribution in [2.75, 3.05) is 6.54 Å². The third kappa shape index (κ3) is 1.34. The van der Waals surface area contributed by atoms with E-state index in [4.69, 9.17) is 5.73 Å². The molecule has 0 aromatic heterocycles. The zero-order valence-electron chi connectivity index (χ0n) is 8.48. The summed E-state index contributed by atoms with van der Waals surface area (Å²) in [4.78, 5) is 13.9. The van der Waals surface area contributed by atoms with E-state index in [1.165, 1.54) is 25.7 Å². The van der Waals surface area contributed by atoms with E-state index in [2.05, 4.69) is 4.90 Å². The molecule has 2 saturated carbocycles. The van der Waals surface area contributed by atoms with Gasteiger partial charge in [-0.25, -0.2) is 0 Å². The van der Waals surface area contributed by atoms with Crippen molar-refractivity contribution >= 4 is 5.91 Å². The Bertz CT molecular complexity index is 246. The summed E-state index contributed by atoms with van der Waals surface area (Å²) in [6.07, 6.45) is 6.20. The Kier molecular flexibility index (Phi) is 1.84. The molecule has 78 valence electrons. The first-order valence-electron chi connectivity index (χ1n) is 5.83. The van der Waals surface area contributed by atoms with E-state index in [0.29, 0.717) is 6.04 Å². The number of hydrogen-bond donors (Lipinski definition) is 1. The van der Waals surface area contributed by atoms with Crippen LogP contribution in [-0.4, -0.2) is 29.4 Å². The fourth-order valence-corrected chi connectivity index (χ4v) is 2.79. The number of amides is 1. The summed E-state index contributed by atoms with van der Waals surface area (Å²) in [5.41, 5.74) is 5.76. The van der Waals surface area contributed by atoms with E-state index in [1.54, 1.807) is 0 Å². The number of nitrogens with zero attached hydrogens (tertiary/aromatic N) is 1. The highest BCUT2D eigenvalue weighted by Gasteiger charge is 2.48. The van der Waals surface area contributed by atoms with E-state index < -0.39 is 0 Å². The minimum absolute atomic E-state index is 0.199. The van der Waals surface area contributed by atoms with Crippen LogP contribution >= 0.6 is 0 Å². The van der Waals surface area contributed by atoms with Crippen molar-refractivity contribution in [2.24, 2.45) is 17.6 Å². The molecule has 0 bridgehead atoms. The van der Waals surface area contributed by atoms with Crippen molar-refractivity contribution in [3.63, 3.8) is 0 Å². The number of carbonyl (C=O) groups is 1. The molecule has 0 aromatic carbocycles. The van der Waals surface area contributed by atoms with Crippen LogP contribution in [0.4, 0.5) is 0 Å². The summed E-state index contributed by atoms with van der Waals surface area (Å²) in [6, 6.07) is 0.367. The molecule has 14 heavy (non-hydrogen) atoms. The van der Waals surface area contributed by atoms with Crippen molar-refractivity contribution in [3.8, 4) is 0 Å². The molecular formula is C11H18N2O. The second kappa shape index (κ2) is 2.96. The summed E-state index contributed by atoms with van der Waals surface area (Å²) in [5.74, 6) is 1.85. The molecule has 3 aliphatic rings. The van der Waals surface area contributed by atoms with Crippen LogP contribution in [0.5, 0.6) is 0 Å². The molecule has 0 spiro atoms. The maximum atomic E-state index is 11.8. The van der Waals surface area contributed by atoms with Gasteiger partial charge in [0.25, 0.3) is 0 Å². The minimum Gasteiger partial charge on any atom is -0.338 e. The molecule has 3 fully saturated rings. The smallest absolute Gasteiger partial charge is 0.239 e. The van der Waals surface area contributed by atoms with Crippen LogP contribution in [0.1, 0.15) is 32.1 Å². The molecule has 2 aliphatic carbocycles. The Labute approximate surface area is 84.6 Å². The van der Waals surface area contributed by atoms with E-state index >= 15 is 0 Å². The lowest BCUT2D eigenvalue weighted by atomic mass is 10.1. The van der Waals surface area contributed by atoms with Gasteiger partial charge in [0.15, 0.2) is 0 Å². The molecular weight excluding hydrogens is 176 g/mol. The van der Waals surface area contributed by atoms with Gasteiger partial charge in [-0.3, -0.25) is 4.79 Å². The summed E-state index contributed by atoms with van der Waals surface area (Å²) in [5, 5.41) is 0. The molecule has 1 saturated heterocycles. The quantitative estimate of drug-likeness (QED) is 0.720. The van der Waals surface area contributed by atoms with Crippen LogP contribution < -0.4 is 5.73 Å². The minimum atomic E-state index is -0.199. The molecule has 0 aromatic rings. The van der Waals surface area contributed by atoms with Gasteiger partial charge in [-0.1, -0.05) is 0 Å². The van der Waals surface area contributed by atoms with Crippen LogP contribution in [0.2, 0.25) is 0 Å². The third-order valence-corrected chi connectivity index (χ3v) is 3.85. The summed E-state index contributed by atoms with van der Waals surface area (Å²) in [6.45, 7) is 0.914. The first kappa shape index (κ1) is 8.72. The maximum absolute atomic E-state index is 11.8. The first-order chi connectivity index (χ1) is 6.77. The van der Waals surface area contributed by atoms with Crippen molar-refractivity contribution in [2.45, 2.75) is 44.2 Å². The molecule has 1 atom stereocenters. The number of carbonyl (C=O) groups excluding carboxylic acids is 1. The van der Waals surface area contributed by atoms with Crippen LogP contribution in [-0.2, 0) is 4.79 Å². The van der Waals surface area contributed by atoms with Gasteiger partial charge >= 0.3 is 0 Å². The molecule has 3 rings (SSSR count). The SMILES string of the molecule is NC1CCN(C(C2CC2)C2CC2)C1=O. The predicted molar refractivity (Wildman–Crippen MR) is 53.5 cm³/mol. The number of likely N-dealkylation sites (tertiary alicyclic amines) is 1. The van der Waals surface area contributed by atoms with Crippen molar-refractivity contribution < 1.29 is 4.79 Å². The second-order valence-electron chi connectivity index (χ2n) is 5.09. The zero-order valence-corrected chi connectivity index (χ0v) is 8.48. The van der Waals surface area contributed by atoms with E-state index in [1.807, 2.05) is 0 Å². The highest BCUT2D eigenvalue weighted by molar-refractivity contribution is 5.84. The van der Waals surface area contributed by atoms with Gasteiger partial charge in [0, 0.05) is 12.6 Å². The van der Waals surface area contributed by atoms with Crippen LogP contribution in [0.3, 0.4) is 0 Å². The lowest BCUT2D eigenvalue weighted by Gasteiger charge is -2.28. The number of hydrogen-bond acceptors (Lipinski definition) is 2. The van der Waals surface area contributed by atoms with E-state index in [9.17, 15) is 4.79 Å².